The molecule has 0 aliphatic heterocycles. The fourth-order valence-electron chi connectivity index (χ4n) is 2.23. The Morgan fingerprint density at radius 2 is 1.79 bits per heavy atom. The zero-order valence-corrected chi connectivity index (χ0v) is 13.8. The van der Waals surface area contributed by atoms with Crippen LogP contribution >= 0.6 is 0 Å². The van der Waals surface area contributed by atoms with Gasteiger partial charge in [0, 0.05) is 19.3 Å². The van der Waals surface area contributed by atoms with E-state index in [1.165, 1.54) is 6.92 Å². The van der Waals surface area contributed by atoms with Crippen LogP contribution in [0.5, 0.6) is 0 Å². The van der Waals surface area contributed by atoms with Crippen molar-refractivity contribution < 1.29 is 14.4 Å². The van der Waals surface area contributed by atoms with E-state index < -0.39 is 29.8 Å². The fourth-order valence-corrected chi connectivity index (χ4v) is 2.23. The van der Waals surface area contributed by atoms with E-state index in [9.17, 15) is 14.4 Å². The lowest BCUT2D eigenvalue weighted by molar-refractivity contribution is -0.131. The Hall–Kier alpha value is -2.88. The Kier molecular flexibility index (Phi) is 7.43. The molecular formula is C17H22N4O3. The molecule has 0 aliphatic carbocycles. The van der Waals surface area contributed by atoms with E-state index in [4.69, 9.17) is 11.0 Å². The van der Waals surface area contributed by atoms with Crippen molar-refractivity contribution in [1.29, 1.82) is 5.26 Å². The van der Waals surface area contributed by atoms with Crippen LogP contribution in [-0.4, -0.2) is 29.8 Å². The SMILES string of the molecule is CC(=O)N[C@H](Cc1ccccc1)C(=O)N[C@H](C[C@H](C)C#N)C(N)=O. The lowest BCUT2D eigenvalue weighted by Gasteiger charge is -2.22. The molecular weight excluding hydrogens is 308 g/mol. The predicted molar refractivity (Wildman–Crippen MR) is 88.3 cm³/mol. The Labute approximate surface area is 141 Å². The first-order valence-corrected chi connectivity index (χ1v) is 7.63. The Morgan fingerprint density at radius 1 is 1.17 bits per heavy atom. The molecule has 24 heavy (non-hydrogen) atoms. The van der Waals surface area contributed by atoms with Gasteiger partial charge in [0.1, 0.15) is 12.1 Å². The third-order valence-corrected chi connectivity index (χ3v) is 3.45. The third-order valence-electron chi connectivity index (χ3n) is 3.45. The molecule has 1 aromatic rings. The number of amides is 3. The number of carbonyl (C=O) groups excluding carboxylic acids is 3. The number of hydrogen-bond acceptors (Lipinski definition) is 4. The van der Waals surface area contributed by atoms with E-state index in [1.54, 1.807) is 6.92 Å². The minimum absolute atomic E-state index is 0.121. The molecule has 7 nitrogen and oxygen atoms in total. The summed E-state index contributed by atoms with van der Waals surface area (Å²) in [6, 6.07) is 9.40. The highest BCUT2D eigenvalue weighted by molar-refractivity contribution is 5.91. The topological polar surface area (TPSA) is 125 Å². The average Bonchev–Trinajstić information content (AvgIpc) is 2.53. The summed E-state index contributed by atoms with van der Waals surface area (Å²) in [6.07, 6.45) is 0.404. The number of benzene rings is 1. The van der Waals surface area contributed by atoms with Crippen LogP contribution in [0.15, 0.2) is 30.3 Å². The van der Waals surface area contributed by atoms with Gasteiger partial charge < -0.3 is 16.4 Å². The largest absolute Gasteiger partial charge is 0.368 e. The number of carbonyl (C=O) groups is 3. The molecule has 0 aliphatic rings. The van der Waals surface area contributed by atoms with E-state index in [1.807, 2.05) is 36.4 Å². The molecule has 0 aromatic heterocycles. The van der Waals surface area contributed by atoms with Gasteiger partial charge in [-0.05, 0) is 18.9 Å². The highest BCUT2D eigenvalue weighted by Gasteiger charge is 2.26. The molecule has 0 bridgehead atoms. The maximum atomic E-state index is 12.5. The van der Waals surface area contributed by atoms with Crippen LogP contribution in [-0.2, 0) is 20.8 Å². The van der Waals surface area contributed by atoms with Gasteiger partial charge >= 0.3 is 0 Å². The predicted octanol–water partition coefficient (Wildman–Crippen LogP) is 0.254. The van der Waals surface area contributed by atoms with Gasteiger partial charge in [0.2, 0.25) is 17.7 Å². The van der Waals surface area contributed by atoms with Gasteiger partial charge in [-0.15, -0.1) is 0 Å². The first-order valence-electron chi connectivity index (χ1n) is 7.63. The molecule has 1 aromatic carbocycles. The van der Waals surface area contributed by atoms with Crippen LogP contribution in [0.2, 0.25) is 0 Å². The number of nitrogens with one attached hydrogen (secondary N) is 2. The Bertz CT molecular complexity index is 624. The molecule has 0 spiro atoms. The normalized spacial score (nSPS) is 13.9. The van der Waals surface area contributed by atoms with Crippen molar-refractivity contribution in [2.45, 2.75) is 38.8 Å². The molecule has 128 valence electrons. The first kappa shape index (κ1) is 19.2. The number of hydrogen-bond donors (Lipinski definition) is 3. The summed E-state index contributed by atoms with van der Waals surface area (Å²) >= 11 is 0. The van der Waals surface area contributed by atoms with E-state index in [0.717, 1.165) is 5.56 Å². The maximum Gasteiger partial charge on any atom is 0.243 e. The Morgan fingerprint density at radius 3 is 2.29 bits per heavy atom. The average molecular weight is 330 g/mol. The van der Waals surface area contributed by atoms with Crippen LogP contribution in [0, 0.1) is 17.2 Å². The third kappa shape index (κ3) is 6.48. The van der Waals surface area contributed by atoms with Crippen LogP contribution in [0.25, 0.3) is 0 Å². The second-order valence-electron chi connectivity index (χ2n) is 5.67. The summed E-state index contributed by atoms with van der Waals surface area (Å²) in [6.45, 7) is 2.95. The lowest BCUT2D eigenvalue weighted by atomic mass is 10.0. The number of primary amides is 1. The van der Waals surface area contributed by atoms with Gasteiger partial charge in [0.15, 0.2) is 0 Å². The molecule has 7 heteroatoms. The van der Waals surface area contributed by atoms with Crippen molar-refractivity contribution in [3.05, 3.63) is 35.9 Å². The number of nitriles is 1. The van der Waals surface area contributed by atoms with Crippen molar-refractivity contribution in [2.24, 2.45) is 11.7 Å². The number of nitrogens with zero attached hydrogens (tertiary/aromatic N) is 1. The molecule has 3 atom stereocenters. The van der Waals surface area contributed by atoms with Crippen molar-refractivity contribution in [2.75, 3.05) is 0 Å². The molecule has 4 N–H and O–H groups in total. The van der Waals surface area contributed by atoms with Gasteiger partial charge in [-0.25, -0.2) is 0 Å². The van der Waals surface area contributed by atoms with Gasteiger partial charge in [-0.2, -0.15) is 5.26 Å². The summed E-state index contributed by atoms with van der Waals surface area (Å²) in [5.74, 6) is -2.02. The lowest BCUT2D eigenvalue weighted by Crippen LogP contribution is -2.53. The van der Waals surface area contributed by atoms with Crippen LogP contribution < -0.4 is 16.4 Å². The van der Waals surface area contributed by atoms with E-state index in [0.29, 0.717) is 0 Å². The highest BCUT2D eigenvalue weighted by Crippen LogP contribution is 2.07. The second kappa shape index (κ2) is 9.30. The second-order valence-corrected chi connectivity index (χ2v) is 5.67. The molecule has 0 unspecified atom stereocenters. The zero-order chi connectivity index (χ0) is 18.1. The van der Waals surface area contributed by atoms with Gasteiger partial charge in [-0.1, -0.05) is 30.3 Å². The smallest absolute Gasteiger partial charge is 0.243 e. The summed E-state index contributed by atoms with van der Waals surface area (Å²) in [4.78, 5) is 35.3. The zero-order valence-electron chi connectivity index (χ0n) is 13.8. The summed E-state index contributed by atoms with van der Waals surface area (Å²) < 4.78 is 0. The fraction of sp³-hybridized carbons (Fsp3) is 0.412. The van der Waals surface area contributed by atoms with E-state index in [-0.39, 0.29) is 18.7 Å². The van der Waals surface area contributed by atoms with Crippen molar-refractivity contribution in [1.82, 2.24) is 10.6 Å². The molecule has 0 fully saturated rings. The molecule has 0 heterocycles. The molecule has 1 rings (SSSR count). The van der Waals surface area contributed by atoms with Crippen LogP contribution in [0.1, 0.15) is 25.8 Å². The van der Waals surface area contributed by atoms with Gasteiger partial charge in [0.05, 0.1) is 6.07 Å². The monoisotopic (exact) mass is 330 g/mol. The molecule has 0 saturated heterocycles. The number of rotatable bonds is 8. The molecule has 0 radical (unpaired) electrons. The van der Waals surface area contributed by atoms with Crippen LogP contribution in [0.4, 0.5) is 0 Å². The van der Waals surface area contributed by atoms with Gasteiger partial charge in [-0.3, -0.25) is 14.4 Å². The van der Waals surface area contributed by atoms with Crippen molar-refractivity contribution >= 4 is 17.7 Å². The summed E-state index contributed by atoms with van der Waals surface area (Å²) in [5, 5.41) is 14.0. The minimum atomic E-state index is -0.959. The standard InChI is InChI=1S/C17H22N4O3/c1-11(10-18)8-14(16(19)23)21-17(24)15(20-12(2)22)9-13-6-4-3-5-7-13/h3-7,11,14-15H,8-9H2,1-2H3,(H2,19,23)(H,20,22)(H,21,24)/t11-,14+,15+/m0/s1. The quantitative estimate of drug-likeness (QED) is 0.632. The summed E-state index contributed by atoms with van der Waals surface area (Å²) in [7, 11) is 0. The van der Waals surface area contributed by atoms with Crippen molar-refractivity contribution in [3.63, 3.8) is 0 Å². The van der Waals surface area contributed by atoms with Gasteiger partial charge in [0.25, 0.3) is 0 Å². The van der Waals surface area contributed by atoms with E-state index in [2.05, 4.69) is 10.6 Å². The Balaban J connectivity index is 2.84. The van der Waals surface area contributed by atoms with Crippen LogP contribution in [0.3, 0.4) is 0 Å². The number of nitrogens with two attached hydrogens (primary N) is 1. The minimum Gasteiger partial charge on any atom is -0.368 e. The molecule has 3 amide bonds. The summed E-state index contributed by atoms with van der Waals surface area (Å²) in [5.41, 5.74) is 6.16. The maximum absolute atomic E-state index is 12.5. The van der Waals surface area contributed by atoms with E-state index >= 15 is 0 Å². The van der Waals surface area contributed by atoms with Crippen molar-refractivity contribution in [3.8, 4) is 6.07 Å². The highest BCUT2D eigenvalue weighted by atomic mass is 16.2. The first-order chi connectivity index (χ1) is 11.3. The molecule has 0 saturated carbocycles.